The molecule has 14 nitrogen and oxygen atoms in total. The molecule has 1 aliphatic heterocycles. The molecule has 0 amide bonds. The lowest BCUT2D eigenvalue weighted by Crippen LogP contribution is -2.68. The van der Waals surface area contributed by atoms with Crippen LogP contribution in [0.3, 0.4) is 0 Å². The van der Waals surface area contributed by atoms with Crippen LogP contribution in [0.5, 0.6) is 0 Å². The van der Waals surface area contributed by atoms with Gasteiger partial charge in [0.15, 0.2) is 6.29 Å². The van der Waals surface area contributed by atoms with Crippen LogP contribution in [0.2, 0.25) is 0 Å². The van der Waals surface area contributed by atoms with E-state index in [2.05, 4.69) is 4.52 Å². The molecule has 2 rings (SSSR count). The van der Waals surface area contributed by atoms with Gasteiger partial charge in [-0.15, -0.1) is 0 Å². The fourth-order valence-electron chi connectivity index (χ4n) is 3.01. The normalized spacial score (nSPS) is 49.2. The Morgan fingerprint density at radius 3 is 1.78 bits per heavy atom. The third-order valence-corrected chi connectivity index (χ3v) is 5.04. The van der Waals surface area contributed by atoms with Crippen molar-refractivity contribution in [2.45, 2.75) is 67.3 Å². The third-order valence-electron chi connectivity index (χ3n) is 4.52. The average Bonchev–Trinajstić information content (AvgIpc) is 2.59. The molecule has 0 aromatic carbocycles. The summed E-state index contributed by atoms with van der Waals surface area (Å²) in [6.45, 7) is -0.718. The van der Waals surface area contributed by atoms with E-state index in [-0.39, 0.29) is 0 Å². The smallest absolute Gasteiger partial charge is 0.394 e. The molecule has 0 aromatic heterocycles. The van der Waals surface area contributed by atoms with Crippen molar-refractivity contribution >= 4 is 7.82 Å². The summed E-state index contributed by atoms with van der Waals surface area (Å²) in [6.07, 6.45) is -18.0. The Morgan fingerprint density at radius 2 is 1.33 bits per heavy atom. The molecular formula is C12H24NO13P. The van der Waals surface area contributed by atoms with Gasteiger partial charge in [0.05, 0.1) is 12.6 Å². The van der Waals surface area contributed by atoms with Gasteiger partial charge in [0, 0.05) is 0 Å². The third kappa shape index (κ3) is 4.83. The van der Waals surface area contributed by atoms with Crippen LogP contribution in [0.15, 0.2) is 0 Å². The molecule has 0 radical (unpaired) electrons. The topological polar surface area (TPSA) is 253 Å². The minimum absolute atomic E-state index is 0.718. The molecule has 2 aliphatic rings. The van der Waals surface area contributed by atoms with Crippen LogP contribution in [-0.2, 0) is 18.6 Å². The second-order valence-electron chi connectivity index (χ2n) is 6.41. The SMILES string of the molecule is N[C@H]1[C@@H](OC2[C@@H](O)[C@@H](O)C(OP(=O)(O)O)[C@H](O)[C@H]2O)O[C@H](CO)[C@@H](O)[C@@H]1O. The van der Waals surface area contributed by atoms with Gasteiger partial charge in [-0.1, -0.05) is 0 Å². The molecular weight excluding hydrogens is 397 g/mol. The standard InChI is InChI=1S/C12H24NO13P/c13-3-5(16)4(15)2(1-14)24-12(3)25-10-6(17)8(19)11(9(20)7(10)18)26-27(21,22)23/h2-12,14-20H,1,13H2,(H2,21,22,23)/t2-,3-,4-,5-,6-,7+,8-,9-,10?,11?,12-/m1/s1. The van der Waals surface area contributed by atoms with Gasteiger partial charge in [-0.2, -0.15) is 0 Å². The quantitative estimate of drug-likeness (QED) is 0.186. The summed E-state index contributed by atoms with van der Waals surface area (Å²) in [6, 6.07) is -1.39. The van der Waals surface area contributed by atoms with Gasteiger partial charge >= 0.3 is 7.82 Å². The highest BCUT2D eigenvalue weighted by Crippen LogP contribution is 2.42. The molecule has 1 saturated heterocycles. The summed E-state index contributed by atoms with van der Waals surface area (Å²) in [5.41, 5.74) is 5.66. The van der Waals surface area contributed by atoms with Gasteiger partial charge in [-0.25, -0.2) is 4.57 Å². The van der Waals surface area contributed by atoms with Gasteiger partial charge in [0.25, 0.3) is 0 Å². The predicted octanol–water partition coefficient (Wildman–Crippen LogP) is -5.93. The number of hydrogen-bond donors (Lipinski definition) is 10. The maximum Gasteiger partial charge on any atom is 0.470 e. The van der Waals surface area contributed by atoms with Gasteiger partial charge in [-0.3, -0.25) is 4.52 Å². The van der Waals surface area contributed by atoms with Crippen LogP contribution in [0, 0.1) is 0 Å². The molecule has 11 N–H and O–H groups in total. The summed E-state index contributed by atoms with van der Waals surface area (Å²) in [5.74, 6) is 0. The van der Waals surface area contributed by atoms with Crippen molar-refractivity contribution in [2.75, 3.05) is 6.61 Å². The molecule has 2 fully saturated rings. The second-order valence-corrected chi connectivity index (χ2v) is 7.60. The Hall–Kier alpha value is -0.290. The minimum atomic E-state index is -5.17. The Balaban J connectivity index is 2.15. The van der Waals surface area contributed by atoms with E-state index in [1.165, 1.54) is 0 Å². The summed E-state index contributed by atoms with van der Waals surface area (Å²) >= 11 is 0. The number of phosphoric ester groups is 1. The van der Waals surface area contributed by atoms with Crippen LogP contribution in [0.4, 0.5) is 0 Å². The van der Waals surface area contributed by atoms with E-state index in [9.17, 15) is 35.2 Å². The molecule has 160 valence electrons. The van der Waals surface area contributed by atoms with E-state index in [1.54, 1.807) is 0 Å². The highest BCUT2D eigenvalue weighted by Gasteiger charge is 2.54. The number of rotatable bonds is 5. The van der Waals surface area contributed by atoms with Crippen molar-refractivity contribution < 1.29 is 64.1 Å². The van der Waals surface area contributed by atoms with Crippen LogP contribution in [0.25, 0.3) is 0 Å². The highest BCUT2D eigenvalue weighted by atomic mass is 31.2. The van der Waals surface area contributed by atoms with E-state index in [1.807, 2.05) is 0 Å². The molecule has 27 heavy (non-hydrogen) atoms. The number of ether oxygens (including phenoxy) is 2. The Bertz CT molecular complexity index is 529. The summed E-state index contributed by atoms with van der Waals surface area (Å²) in [7, 11) is -5.17. The highest BCUT2D eigenvalue weighted by molar-refractivity contribution is 7.46. The molecule has 1 aliphatic carbocycles. The fraction of sp³-hybridized carbons (Fsp3) is 1.00. The maximum atomic E-state index is 10.9. The number of hydrogen-bond acceptors (Lipinski definition) is 12. The number of nitrogens with two attached hydrogens (primary N) is 1. The minimum Gasteiger partial charge on any atom is -0.394 e. The zero-order chi connectivity index (χ0) is 20.7. The van der Waals surface area contributed by atoms with Gasteiger partial charge in [-0.05, 0) is 0 Å². The van der Waals surface area contributed by atoms with Gasteiger partial charge in [0.1, 0.15) is 54.9 Å². The van der Waals surface area contributed by atoms with E-state index in [4.69, 9.17) is 30.1 Å². The molecule has 0 bridgehead atoms. The largest absolute Gasteiger partial charge is 0.470 e. The van der Waals surface area contributed by atoms with E-state index in [0.29, 0.717) is 0 Å². The van der Waals surface area contributed by atoms with E-state index < -0.39 is 81.7 Å². The Kier molecular flexibility index (Phi) is 7.33. The summed E-state index contributed by atoms with van der Waals surface area (Å²) < 4.78 is 25.5. The van der Waals surface area contributed by atoms with Gasteiger partial charge < -0.3 is 60.7 Å². The van der Waals surface area contributed by atoms with Crippen LogP contribution >= 0.6 is 7.82 Å². The average molecular weight is 421 g/mol. The van der Waals surface area contributed by atoms with Crippen molar-refractivity contribution in [3.63, 3.8) is 0 Å². The number of aliphatic hydroxyl groups excluding tert-OH is 7. The van der Waals surface area contributed by atoms with Crippen LogP contribution in [0.1, 0.15) is 0 Å². The molecule has 1 saturated carbocycles. The van der Waals surface area contributed by atoms with E-state index >= 15 is 0 Å². The van der Waals surface area contributed by atoms with Crippen LogP contribution in [-0.4, -0.2) is 119 Å². The van der Waals surface area contributed by atoms with Crippen molar-refractivity contribution in [2.24, 2.45) is 5.73 Å². The first-order valence-electron chi connectivity index (χ1n) is 7.88. The zero-order valence-corrected chi connectivity index (χ0v) is 14.6. The Labute approximate surface area is 152 Å². The molecule has 0 aromatic rings. The predicted molar refractivity (Wildman–Crippen MR) is 81.6 cm³/mol. The summed E-state index contributed by atoms with van der Waals surface area (Å²) in [4.78, 5) is 17.6. The first-order valence-corrected chi connectivity index (χ1v) is 9.41. The first kappa shape index (κ1) is 23.0. The van der Waals surface area contributed by atoms with Crippen molar-refractivity contribution in [1.82, 2.24) is 0 Å². The number of aliphatic hydroxyl groups is 7. The molecule has 2 unspecified atom stereocenters. The summed E-state index contributed by atoms with van der Waals surface area (Å²) in [5, 5.41) is 68.9. The fourth-order valence-corrected chi connectivity index (χ4v) is 3.57. The Morgan fingerprint density at radius 1 is 0.852 bits per heavy atom. The molecule has 0 spiro atoms. The zero-order valence-electron chi connectivity index (χ0n) is 13.7. The van der Waals surface area contributed by atoms with Crippen molar-refractivity contribution in [3.8, 4) is 0 Å². The molecule has 15 heteroatoms. The van der Waals surface area contributed by atoms with Crippen LogP contribution < -0.4 is 5.73 Å². The van der Waals surface area contributed by atoms with Crippen molar-refractivity contribution in [1.29, 1.82) is 0 Å². The number of phosphoric acid groups is 1. The second kappa shape index (κ2) is 8.61. The first-order chi connectivity index (χ1) is 12.4. The van der Waals surface area contributed by atoms with Gasteiger partial charge in [0.2, 0.25) is 0 Å². The molecule has 1 heterocycles. The molecule has 11 atom stereocenters. The monoisotopic (exact) mass is 421 g/mol. The lowest BCUT2D eigenvalue weighted by Gasteiger charge is -2.46. The van der Waals surface area contributed by atoms with E-state index in [0.717, 1.165) is 0 Å². The lowest BCUT2D eigenvalue weighted by molar-refractivity contribution is -0.315. The maximum absolute atomic E-state index is 10.9. The van der Waals surface area contributed by atoms with Crippen molar-refractivity contribution in [3.05, 3.63) is 0 Å². The lowest BCUT2D eigenvalue weighted by atomic mass is 9.84.